The summed E-state index contributed by atoms with van der Waals surface area (Å²) in [5.41, 5.74) is 0. The van der Waals surface area contributed by atoms with Crippen molar-refractivity contribution in [2.24, 2.45) is 5.92 Å². The number of carboxylic acids is 1. The predicted octanol–water partition coefficient (Wildman–Crippen LogP) is 0.989. The van der Waals surface area contributed by atoms with E-state index >= 15 is 0 Å². The van der Waals surface area contributed by atoms with E-state index in [0.29, 0.717) is 31.0 Å². The second-order valence-electron chi connectivity index (χ2n) is 4.65. The van der Waals surface area contributed by atoms with Crippen LogP contribution in [-0.4, -0.2) is 40.1 Å². The standard InChI is InChI=1S/C12H17N3O4/c1-8-5-13-10(19-8)6-14-12(18)15-4-2-3-9(7-15)11(16)17/h5,9H,2-4,6-7H2,1H3,(H,14,18)(H,16,17)/t9-/m1/s1. The first-order valence-electron chi connectivity index (χ1n) is 6.23. The minimum atomic E-state index is -0.846. The maximum absolute atomic E-state index is 11.9. The van der Waals surface area contributed by atoms with Gasteiger partial charge in [0.1, 0.15) is 5.76 Å². The lowest BCUT2D eigenvalue weighted by Gasteiger charge is -2.30. The maximum atomic E-state index is 11.9. The van der Waals surface area contributed by atoms with Crippen molar-refractivity contribution in [1.82, 2.24) is 15.2 Å². The quantitative estimate of drug-likeness (QED) is 0.851. The summed E-state index contributed by atoms with van der Waals surface area (Å²) >= 11 is 0. The zero-order chi connectivity index (χ0) is 13.8. The molecule has 1 aliphatic rings. The number of aromatic nitrogens is 1. The number of likely N-dealkylation sites (tertiary alicyclic amines) is 1. The first kappa shape index (κ1) is 13.4. The Morgan fingerprint density at radius 2 is 2.42 bits per heavy atom. The molecule has 19 heavy (non-hydrogen) atoms. The van der Waals surface area contributed by atoms with E-state index in [1.54, 1.807) is 13.1 Å². The van der Waals surface area contributed by atoms with Gasteiger partial charge in [-0.05, 0) is 19.8 Å². The van der Waals surface area contributed by atoms with Crippen LogP contribution < -0.4 is 5.32 Å². The smallest absolute Gasteiger partial charge is 0.317 e. The van der Waals surface area contributed by atoms with Gasteiger partial charge in [-0.25, -0.2) is 9.78 Å². The molecule has 0 unspecified atom stereocenters. The third kappa shape index (κ3) is 3.46. The van der Waals surface area contributed by atoms with Gasteiger partial charge in [0, 0.05) is 13.1 Å². The lowest BCUT2D eigenvalue weighted by molar-refractivity contribution is -0.143. The van der Waals surface area contributed by atoms with Crippen LogP contribution in [0.2, 0.25) is 0 Å². The van der Waals surface area contributed by atoms with Crippen LogP contribution in [0.5, 0.6) is 0 Å². The molecule has 1 aliphatic heterocycles. The molecule has 2 heterocycles. The first-order chi connectivity index (χ1) is 9.06. The molecular weight excluding hydrogens is 250 g/mol. The summed E-state index contributed by atoms with van der Waals surface area (Å²) in [6.45, 7) is 2.83. The Bertz CT molecular complexity index is 471. The molecule has 1 atom stereocenters. The molecule has 1 saturated heterocycles. The Labute approximate surface area is 110 Å². The van der Waals surface area contributed by atoms with E-state index in [9.17, 15) is 9.59 Å². The summed E-state index contributed by atoms with van der Waals surface area (Å²) in [4.78, 5) is 28.3. The van der Waals surface area contributed by atoms with Gasteiger partial charge < -0.3 is 19.7 Å². The summed E-state index contributed by atoms with van der Waals surface area (Å²) in [5, 5.41) is 11.6. The third-order valence-electron chi connectivity index (χ3n) is 3.12. The highest BCUT2D eigenvalue weighted by atomic mass is 16.4. The normalized spacial score (nSPS) is 19.2. The van der Waals surface area contributed by atoms with Crippen molar-refractivity contribution in [2.75, 3.05) is 13.1 Å². The van der Waals surface area contributed by atoms with Gasteiger partial charge in [-0.15, -0.1) is 0 Å². The van der Waals surface area contributed by atoms with E-state index in [1.807, 2.05) is 0 Å². The monoisotopic (exact) mass is 267 g/mol. The van der Waals surface area contributed by atoms with Crippen molar-refractivity contribution in [2.45, 2.75) is 26.3 Å². The molecule has 0 spiro atoms. The highest BCUT2D eigenvalue weighted by Gasteiger charge is 2.28. The topological polar surface area (TPSA) is 95.7 Å². The number of hydrogen-bond donors (Lipinski definition) is 2. The van der Waals surface area contributed by atoms with Crippen molar-refractivity contribution >= 4 is 12.0 Å². The Morgan fingerprint density at radius 1 is 1.63 bits per heavy atom. The molecule has 2 N–H and O–H groups in total. The van der Waals surface area contributed by atoms with Crippen molar-refractivity contribution < 1.29 is 19.1 Å². The fourth-order valence-corrected chi connectivity index (χ4v) is 2.11. The number of piperidine rings is 1. The van der Waals surface area contributed by atoms with Gasteiger partial charge in [-0.2, -0.15) is 0 Å². The van der Waals surface area contributed by atoms with Crippen LogP contribution in [0.15, 0.2) is 10.6 Å². The molecular formula is C12H17N3O4. The predicted molar refractivity (Wildman–Crippen MR) is 65.4 cm³/mol. The summed E-state index contributed by atoms with van der Waals surface area (Å²) in [7, 11) is 0. The molecule has 0 saturated carbocycles. The van der Waals surface area contributed by atoms with Gasteiger partial charge in [0.2, 0.25) is 5.89 Å². The van der Waals surface area contributed by atoms with Crippen LogP contribution in [0.4, 0.5) is 4.79 Å². The molecule has 1 fully saturated rings. The number of nitrogens with zero attached hydrogens (tertiary/aromatic N) is 2. The molecule has 7 heteroatoms. The van der Waals surface area contributed by atoms with Gasteiger partial charge in [-0.3, -0.25) is 4.79 Å². The molecule has 1 aromatic rings. The molecule has 2 amide bonds. The lowest BCUT2D eigenvalue weighted by atomic mass is 9.99. The van der Waals surface area contributed by atoms with Gasteiger partial charge in [0.15, 0.2) is 0 Å². The zero-order valence-electron chi connectivity index (χ0n) is 10.8. The highest BCUT2D eigenvalue weighted by molar-refractivity contribution is 5.76. The van der Waals surface area contributed by atoms with E-state index < -0.39 is 11.9 Å². The first-order valence-corrected chi connectivity index (χ1v) is 6.23. The van der Waals surface area contributed by atoms with Crippen molar-refractivity contribution in [3.05, 3.63) is 17.8 Å². The number of carbonyl (C=O) groups excluding carboxylic acids is 1. The van der Waals surface area contributed by atoms with Crippen LogP contribution in [0, 0.1) is 12.8 Å². The summed E-state index contributed by atoms with van der Waals surface area (Å²) in [6.07, 6.45) is 2.92. The number of carboxylic acid groups (broad SMARTS) is 1. The summed E-state index contributed by atoms with van der Waals surface area (Å²) in [6, 6.07) is -0.276. The number of hydrogen-bond acceptors (Lipinski definition) is 4. The fourth-order valence-electron chi connectivity index (χ4n) is 2.11. The molecule has 0 bridgehead atoms. The van der Waals surface area contributed by atoms with Crippen LogP contribution in [0.3, 0.4) is 0 Å². The van der Waals surface area contributed by atoms with Gasteiger partial charge >= 0.3 is 12.0 Å². The molecule has 2 rings (SSSR count). The minimum Gasteiger partial charge on any atom is -0.481 e. The number of oxazole rings is 1. The summed E-state index contributed by atoms with van der Waals surface area (Å²) < 4.78 is 5.24. The molecule has 1 aromatic heterocycles. The second kappa shape index (κ2) is 5.73. The van der Waals surface area contributed by atoms with Crippen LogP contribution in [0.1, 0.15) is 24.5 Å². The third-order valence-corrected chi connectivity index (χ3v) is 3.12. The van der Waals surface area contributed by atoms with Crippen LogP contribution >= 0.6 is 0 Å². The average molecular weight is 267 g/mol. The van der Waals surface area contributed by atoms with Crippen molar-refractivity contribution in [3.8, 4) is 0 Å². The lowest BCUT2D eigenvalue weighted by Crippen LogP contribution is -2.46. The van der Waals surface area contributed by atoms with Gasteiger partial charge in [-0.1, -0.05) is 0 Å². The van der Waals surface area contributed by atoms with Gasteiger partial charge in [0.05, 0.1) is 18.7 Å². The molecule has 7 nitrogen and oxygen atoms in total. The second-order valence-corrected chi connectivity index (χ2v) is 4.65. The zero-order valence-corrected chi connectivity index (χ0v) is 10.8. The van der Waals surface area contributed by atoms with E-state index in [-0.39, 0.29) is 19.1 Å². The fraction of sp³-hybridized carbons (Fsp3) is 0.583. The number of rotatable bonds is 3. The highest BCUT2D eigenvalue weighted by Crippen LogP contribution is 2.16. The number of amides is 2. The van der Waals surface area contributed by atoms with Gasteiger partial charge in [0.25, 0.3) is 0 Å². The van der Waals surface area contributed by atoms with E-state index in [1.165, 1.54) is 4.90 Å². The van der Waals surface area contributed by atoms with Crippen molar-refractivity contribution in [3.63, 3.8) is 0 Å². The Morgan fingerprint density at radius 3 is 3.05 bits per heavy atom. The van der Waals surface area contributed by atoms with Crippen LogP contribution in [-0.2, 0) is 11.3 Å². The Balaban J connectivity index is 1.84. The SMILES string of the molecule is Cc1cnc(CNC(=O)N2CCC[C@@H](C(=O)O)C2)o1. The number of urea groups is 1. The van der Waals surface area contributed by atoms with E-state index in [2.05, 4.69) is 10.3 Å². The van der Waals surface area contributed by atoms with E-state index in [0.717, 1.165) is 0 Å². The number of nitrogens with one attached hydrogen (secondary N) is 1. The van der Waals surface area contributed by atoms with Crippen LogP contribution in [0.25, 0.3) is 0 Å². The number of carbonyl (C=O) groups is 2. The minimum absolute atomic E-state index is 0.209. The van der Waals surface area contributed by atoms with Crippen molar-refractivity contribution in [1.29, 1.82) is 0 Å². The Hall–Kier alpha value is -2.05. The number of aryl methyl sites for hydroxylation is 1. The maximum Gasteiger partial charge on any atom is 0.317 e. The van der Waals surface area contributed by atoms with E-state index in [4.69, 9.17) is 9.52 Å². The average Bonchev–Trinajstić information content (AvgIpc) is 2.82. The largest absolute Gasteiger partial charge is 0.481 e. The summed E-state index contributed by atoms with van der Waals surface area (Å²) in [5.74, 6) is -0.185. The number of aliphatic carboxylic acids is 1. The molecule has 0 aliphatic carbocycles. The molecule has 0 radical (unpaired) electrons. The Kier molecular flexibility index (Phi) is 4.03. The molecule has 104 valence electrons. The molecule has 0 aromatic carbocycles.